The molecule has 1 aromatic heterocycles. The first-order chi connectivity index (χ1) is 18.4. The van der Waals surface area contributed by atoms with Crippen LogP contribution >= 0.6 is 0 Å². The number of piperidine rings is 2. The molecule has 5 rings (SSSR count). The molecular formula is C28H34N4O5S. The lowest BCUT2D eigenvalue weighted by atomic mass is 9.97. The van der Waals surface area contributed by atoms with Crippen molar-refractivity contribution in [3.05, 3.63) is 48.5 Å². The van der Waals surface area contributed by atoms with Crippen molar-refractivity contribution < 1.29 is 22.7 Å². The van der Waals surface area contributed by atoms with E-state index in [1.807, 2.05) is 12.1 Å². The highest BCUT2D eigenvalue weighted by Crippen LogP contribution is 2.31. The molecule has 2 saturated heterocycles. The first kappa shape index (κ1) is 26.2. The van der Waals surface area contributed by atoms with Gasteiger partial charge in [-0.15, -0.1) is 0 Å². The summed E-state index contributed by atoms with van der Waals surface area (Å²) in [5, 5.41) is 3.79. The second kappa shape index (κ2) is 11.2. The van der Waals surface area contributed by atoms with E-state index in [0.717, 1.165) is 55.4 Å². The number of hydrogen-bond acceptors (Lipinski definition) is 7. The zero-order valence-corrected chi connectivity index (χ0v) is 22.7. The lowest BCUT2D eigenvalue weighted by Gasteiger charge is -2.33. The Morgan fingerprint density at radius 2 is 1.76 bits per heavy atom. The van der Waals surface area contributed by atoms with Crippen LogP contribution in [0.25, 0.3) is 10.9 Å². The van der Waals surface area contributed by atoms with Crippen molar-refractivity contribution in [2.45, 2.75) is 37.0 Å². The van der Waals surface area contributed by atoms with E-state index >= 15 is 0 Å². The fourth-order valence-electron chi connectivity index (χ4n) is 5.22. The molecule has 2 aliphatic rings. The zero-order chi connectivity index (χ0) is 26.7. The maximum Gasteiger partial charge on any atom is 0.243 e. The standard InChI is InChI=1S/C28H34N4O5S/c1-36-22-9-11-25(26(18-22)37-2)30-28(33)21-7-6-14-31(19-21)27-13-8-20-17-23(10-12-24(20)29-27)38(34,35)32-15-4-3-5-16-32/h8-13,17-18,21H,3-7,14-16,19H2,1-2H3,(H,30,33). The van der Waals surface area contributed by atoms with Gasteiger partial charge >= 0.3 is 0 Å². The van der Waals surface area contributed by atoms with Crippen LogP contribution in [0.1, 0.15) is 32.1 Å². The Bertz CT molecular complexity index is 1420. The largest absolute Gasteiger partial charge is 0.497 e. The van der Waals surface area contributed by atoms with Gasteiger partial charge in [-0.2, -0.15) is 4.31 Å². The Morgan fingerprint density at radius 3 is 2.53 bits per heavy atom. The van der Waals surface area contributed by atoms with Crippen molar-refractivity contribution in [1.29, 1.82) is 0 Å². The van der Waals surface area contributed by atoms with Crippen molar-refractivity contribution >= 4 is 38.3 Å². The Hall–Kier alpha value is -3.37. The summed E-state index contributed by atoms with van der Waals surface area (Å²) in [7, 11) is -0.357. The molecule has 202 valence electrons. The topological polar surface area (TPSA) is 101 Å². The summed E-state index contributed by atoms with van der Waals surface area (Å²) in [6.45, 7) is 2.50. The van der Waals surface area contributed by atoms with Crippen LogP contribution < -0.4 is 19.7 Å². The molecule has 3 aromatic rings. The molecule has 0 radical (unpaired) electrons. The molecule has 38 heavy (non-hydrogen) atoms. The van der Waals surface area contributed by atoms with Crippen molar-refractivity contribution in [2.75, 3.05) is 50.6 Å². The Balaban J connectivity index is 1.30. The number of nitrogens with one attached hydrogen (secondary N) is 1. The summed E-state index contributed by atoms with van der Waals surface area (Å²) in [4.78, 5) is 20.4. The molecule has 1 N–H and O–H groups in total. The normalized spacial score (nSPS) is 18.8. The molecule has 1 atom stereocenters. The highest BCUT2D eigenvalue weighted by atomic mass is 32.2. The van der Waals surface area contributed by atoms with E-state index in [1.54, 1.807) is 54.9 Å². The van der Waals surface area contributed by atoms with Gasteiger partial charge in [0, 0.05) is 37.6 Å². The van der Waals surface area contributed by atoms with E-state index in [9.17, 15) is 13.2 Å². The smallest absolute Gasteiger partial charge is 0.243 e. The van der Waals surface area contributed by atoms with Gasteiger partial charge in [-0.05, 0) is 68.1 Å². The third-order valence-electron chi connectivity index (χ3n) is 7.38. The third kappa shape index (κ3) is 5.42. The Morgan fingerprint density at radius 1 is 0.947 bits per heavy atom. The molecule has 2 aliphatic heterocycles. The number of carbonyl (C=O) groups is 1. The number of methoxy groups -OCH3 is 2. The average Bonchev–Trinajstić information content (AvgIpc) is 2.97. The average molecular weight is 539 g/mol. The summed E-state index contributed by atoms with van der Waals surface area (Å²) in [5.74, 6) is 1.71. The molecule has 0 spiro atoms. The molecule has 1 amide bonds. The van der Waals surface area contributed by atoms with Gasteiger partial charge < -0.3 is 19.7 Å². The van der Waals surface area contributed by atoms with Crippen molar-refractivity contribution in [2.24, 2.45) is 5.92 Å². The predicted molar refractivity (Wildman–Crippen MR) is 147 cm³/mol. The fraction of sp³-hybridized carbons (Fsp3) is 0.429. The zero-order valence-electron chi connectivity index (χ0n) is 21.9. The maximum atomic E-state index is 13.1. The van der Waals surface area contributed by atoms with Crippen LogP contribution in [-0.4, -0.2) is 64.0 Å². The van der Waals surface area contributed by atoms with Gasteiger partial charge in [0.25, 0.3) is 0 Å². The molecule has 2 fully saturated rings. The van der Waals surface area contributed by atoms with E-state index in [0.29, 0.717) is 41.7 Å². The van der Waals surface area contributed by atoms with Crippen molar-refractivity contribution in [3.63, 3.8) is 0 Å². The van der Waals surface area contributed by atoms with Gasteiger partial charge in [-0.25, -0.2) is 13.4 Å². The highest BCUT2D eigenvalue weighted by molar-refractivity contribution is 7.89. The minimum Gasteiger partial charge on any atom is -0.497 e. The van der Waals surface area contributed by atoms with E-state index in [2.05, 4.69) is 10.2 Å². The van der Waals surface area contributed by atoms with Crippen LogP contribution in [0.3, 0.4) is 0 Å². The first-order valence-corrected chi connectivity index (χ1v) is 14.5. The monoisotopic (exact) mass is 538 g/mol. The number of sulfonamides is 1. The fourth-order valence-corrected chi connectivity index (χ4v) is 6.77. The van der Waals surface area contributed by atoms with Gasteiger partial charge in [0.2, 0.25) is 15.9 Å². The molecule has 2 aromatic carbocycles. The molecule has 0 saturated carbocycles. The number of anilines is 2. The van der Waals surface area contributed by atoms with Crippen LogP contribution in [0.15, 0.2) is 53.4 Å². The maximum absolute atomic E-state index is 13.1. The van der Waals surface area contributed by atoms with E-state index in [-0.39, 0.29) is 11.8 Å². The van der Waals surface area contributed by atoms with Crippen LogP contribution in [0.4, 0.5) is 11.5 Å². The number of hydrogen-bond donors (Lipinski definition) is 1. The number of amides is 1. The molecular weight excluding hydrogens is 504 g/mol. The molecule has 1 unspecified atom stereocenters. The second-order valence-electron chi connectivity index (χ2n) is 9.83. The number of ether oxygens (including phenoxy) is 2. The van der Waals surface area contributed by atoms with E-state index in [1.165, 1.54) is 0 Å². The second-order valence-corrected chi connectivity index (χ2v) is 11.8. The number of carbonyl (C=O) groups excluding carboxylic acids is 1. The highest BCUT2D eigenvalue weighted by Gasteiger charge is 2.28. The molecule has 0 aliphatic carbocycles. The SMILES string of the molecule is COc1ccc(NC(=O)C2CCCN(c3ccc4cc(S(=O)(=O)N5CCCCC5)ccc4n3)C2)c(OC)c1. The Labute approximate surface area is 223 Å². The van der Waals surface area contributed by atoms with E-state index in [4.69, 9.17) is 14.5 Å². The quantitative estimate of drug-likeness (QED) is 0.479. The van der Waals surface area contributed by atoms with Crippen molar-refractivity contribution in [3.8, 4) is 11.5 Å². The molecule has 9 nitrogen and oxygen atoms in total. The molecule has 10 heteroatoms. The summed E-state index contributed by atoms with van der Waals surface area (Å²) >= 11 is 0. The van der Waals surface area contributed by atoms with Gasteiger partial charge in [0.05, 0.1) is 36.2 Å². The number of pyridine rings is 1. The number of nitrogens with zero attached hydrogens (tertiary/aromatic N) is 3. The molecule has 3 heterocycles. The number of benzene rings is 2. The van der Waals surface area contributed by atoms with Crippen LogP contribution in [-0.2, 0) is 14.8 Å². The summed E-state index contributed by atoms with van der Waals surface area (Å²) in [6, 6.07) is 14.3. The lowest BCUT2D eigenvalue weighted by molar-refractivity contribution is -0.120. The summed E-state index contributed by atoms with van der Waals surface area (Å²) in [6.07, 6.45) is 4.53. The van der Waals surface area contributed by atoms with Gasteiger partial charge in [-0.3, -0.25) is 4.79 Å². The van der Waals surface area contributed by atoms with E-state index < -0.39 is 10.0 Å². The summed E-state index contributed by atoms with van der Waals surface area (Å²) in [5.41, 5.74) is 1.34. The van der Waals surface area contributed by atoms with Gasteiger partial charge in [-0.1, -0.05) is 6.42 Å². The van der Waals surface area contributed by atoms with Gasteiger partial charge in [0.1, 0.15) is 17.3 Å². The number of fused-ring (bicyclic) bond motifs is 1. The van der Waals surface area contributed by atoms with Gasteiger partial charge in [0.15, 0.2) is 0 Å². The van der Waals surface area contributed by atoms with Crippen LogP contribution in [0.5, 0.6) is 11.5 Å². The molecule has 0 bridgehead atoms. The minimum absolute atomic E-state index is 0.0634. The lowest BCUT2D eigenvalue weighted by Crippen LogP contribution is -2.41. The van der Waals surface area contributed by atoms with Crippen LogP contribution in [0.2, 0.25) is 0 Å². The number of aromatic nitrogens is 1. The predicted octanol–water partition coefficient (Wildman–Crippen LogP) is 4.28. The Kier molecular flexibility index (Phi) is 7.71. The summed E-state index contributed by atoms with van der Waals surface area (Å²) < 4.78 is 38.4. The van der Waals surface area contributed by atoms with Crippen LogP contribution in [0, 0.1) is 5.92 Å². The minimum atomic E-state index is -3.50. The number of rotatable bonds is 7. The first-order valence-electron chi connectivity index (χ1n) is 13.1. The third-order valence-corrected chi connectivity index (χ3v) is 9.28. The van der Waals surface area contributed by atoms with Crippen molar-refractivity contribution in [1.82, 2.24) is 9.29 Å².